The van der Waals surface area contributed by atoms with E-state index in [9.17, 15) is 4.79 Å². The molecule has 0 bridgehead atoms. The molecule has 0 N–H and O–H groups in total. The summed E-state index contributed by atoms with van der Waals surface area (Å²) in [6.07, 6.45) is 10.6. The average Bonchev–Trinajstić information content (AvgIpc) is 3.10. The molecular formula is C25H22N2O2S. The van der Waals surface area contributed by atoms with Crippen molar-refractivity contribution in [3.8, 4) is 27.4 Å². The second-order valence-corrected chi connectivity index (χ2v) is 8.46. The normalized spacial score (nSPS) is 15.0. The van der Waals surface area contributed by atoms with Crippen LogP contribution in [0.4, 0.5) is 0 Å². The predicted octanol–water partition coefficient (Wildman–Crippen LogP) is 5.63. The van der Waals surface area contributed by atoms with Gasteiger partial charge in [0.05, 0.1) is 18.4 Å². The zero-order valence-electron chi connectivity index (χ0n) is 17.0. The molecular weight excluding hydrogens is 392 g/mol. The lowest BCUT2D eigenvalue weighted by atomic mass is 9.97. The van der Waals surface area contributed by atoms with Crippen LogP contribution in [0.3, 0.4) is 0 Å². The van der Waals surface area contributed by atoms with Gasteiger partial charge in [-0.2, -0.15) is 0 Å². The van der Waals surface area contributed by atoms with Crippen molar-refractivity contribution in [2.24, 2.45) is 0 Å². The molecule has 3 heterocycles. The molecule has 2 aromatic heterocycles. The summed E-state index contributed by atoms with van der Waals surface area (Å²) in [6, 6.07) is 10.00. The summed E-state index contributed by atoms with van der Waals surface area (Å²) in [4.78, 5) is 18.2. The topological polar surface area (TPSA) is 44.1 Å². The molecule has 1 aliphatic carbocycles. The number of aromatic nitrogens is 2. The van der Waals surface area contributed by atoms with Gasteiger partial charge >= 0.3 is 0 Å². The number of benzene rings is 1. The van der Waals surface area contributed by atoms with Gasteiger partial charge in [-0.3, -0.25) is 4.79 Å². The highest BCUT2D eigenvalue weighted by atomic mass is 32.1. The standard InChI is InChI=1S/C25H22N2O2S/c1-16-15-30-24(26-16)22-13-21(18-7-10-20(29-2)11-8-18)23-12-9-17-5-3-4-6-19(17)14-27(23)25(22)28/h3,5,7-13,15H,4,6,14H2,1-2H3. The van der Waals surface area contributed by atoms with Crippen LogP contribution in [0.2, 0.25) is 0 Å². The van der Waals surface area contributed by atoms with E-state index >= 15 is 0 Å². The summed E-state index contributed by atoms with van der Waals surface area (Å²) in [7, 11) is 1.67. The summed E-state index contributed by atoms with van der Waals surface area (Å²) < 4.78 is 7.25. The van der Waals surface area contributed by atoms with Crippen LogP contribution in [0.1, 0.15) is 24.2 Å². The van der Waals surface area contributed by atoms with Crippen molar-refractivity contribution in [3.63, 3.8) is 0 Å². The number of allylic oxidation sites excluding steroid dienone is 5. The number of thiazole rings is 1. The fourth-order valence-electron chi connectivity index (χ4n) is 4.08. The third-order valence-corrected chi connectivity index (χ3v) is 6.66. The average molecular weight is 415 g/mol. The van der Waals surface area contributed by atoms with Crippen LogP contribution >= 0.6 is 11.3 Å². The van der Waals surface area contributed by atoms with Crippen LogP contribution in [0.15, 0.2) is 69.9 Å². The lowest BCUT2D eigenvalue weighted by Gasteiger charge is -2.18. The highest BCUT2D eigenvalue weighted by Gasteiger charge is 2.21. The number of aryl methyl sites for hydroxylation is 1. The molecule has 30 heavy (non-hydrogen) atoms. The fraction of sp³-hybridized carbons (Fsp3) is 0.200. The van der Waals surface area contributed by atoms with Gasteiger partial charge in [0.15, 0.2) is 0 Å². The Kier molecular flexibility index (Phi) is 4.75. The molecule has 0 fully saturated rings. The molecule has 0 spiro atoms. The Morgan fingerprint density at radius 2 is 1.93 bits per heavy atom. The predicted molar refractivity (Wildman–Crippen MR) is 123 cm³/mol. The second kappa shape index (κ2) is 7.58. The zero-order valence-corrected chi connectivity index (χ0v) is 17.8. The molecule has 0 atom stereocenters. The third kappa shape index (κ3) is 3.25. The molecule has 2 aliphatic rings. The maximum absolute atomic E-state index is 13.6. The van der Waals surface area contributed by atoms with Gasteiger partial charge in [0.2, 0.25) is 0 Å². The van der Waals surface area contributed by atoms with E-state index in [2.05, 4.69) is 29.3 Å². The first kappa shape index (κ1) is 18.8. The van der Waals surface area contributed by atoms with Crippen molar-refractivity contribution in [1.29, 1.82) is 0 Å². The van der Waals surface area contributed by atoms with Crippen LogP contribution < -0.4 is 10.3 Å². The molecule has 0 radical (unpaired) electrons. The lowest BCUT2D eigenvalue weighted by Crippen LogP contribution is -2.25. The number of hydrogen-bond donors (Lipinski definition) is 0. The van der Waals surface area contributed by atoms with Crippen LogP contribution in [0, 0.1) is 6.92 Å². The van der Waals surface area contributed by atoms with Gasteiger partial charge in [0.25, 0.3) is 5.56 Å². The van der Waals surface area contributed by atoms with Gasteiger partial charge in [-0.25, -0.2) is 4.98 Å². The van der Waals surface area contributed by atoms with E-state index in [1.54, 1.807) is 7.11 Å². The second-order valence-electron chi connectivity index (χ2n) is 7.60. The van der Waals surface area contributed by atoms with E-state index in [1.165, 1.54) is 22.5 Å². The minimum atomic E-state index is 0.0181. The largest absolute Gasteiger partial charge is 0.497 e. The highest BCUT2D eigenvalue weighted by molar-refractivity contribution is 7.13. The molecule has 1 aromatic carbocycles. The Morgan fingerprint density at radius 3 is 2.67 bits per heavy atom. The highest BCUT2D eigenvalue weighted by Crippen LogP contribution is 2.34. The smallest absolute Gasteiger partial charge is 0.261 e. The Labute approximate surface area is 179 Å². The van der Waals surface area contributed by atoms with Gasteiger partial charge in [0.1, 0.15) is 10.8 Å². The summed E-state index contributed by atoms with van der Waals surface area (Å²) in [5.41, 5.74) is 7.15. The van der Waals surface area contributed by atoms with Crippen molar-refractivity contribution < 1.29 is 4.74 Å². The molecule has 1 aliphatic heterocycles. The molecule has 3 aromatic rings. The quantitative estimate of drug-likeness (QED) is 0.558. The van der Waals surface area contributed by atoms with E-state index in [0.717, 1.165) is 46.1 Å². The van der Waals surface area contributed by atoms with Crippen molar-refractivity contribution in [1.82, 2.24) is 9.55 Å². The van der Waals surface area contributed by atoms with Crippen molar-refractivity contribution in [3.05, 3.63) is 86.8 Å². The van der Waals surface area contributed by atoms with Gasteiger partial charge in [0, 0.05) is 23.2 Å². The van der Waals surface area contributed by atoms with Crippen molar-refractivity contribution >= 4 is 17.4 Å². The van der Waals surface area contributed by atoms with Gasteiger partial charge in [-0.05, 0) is 60.8 Å². The Bertz CT molecular complexity index is 1270. The summed E-state index contributed by atoms with van der Waals surface area (Å²) >= 11 is 1.52. The van der Waals surface area contributed by atoms with Crippen LogP contribution in [-0.4, -0.2) is 16.7 Å². The van der Waals surface area contributed by atoms with Crippen molar-refractivity contribution in [2.45, 2.75) is 26.3 Å². The van der Waals surface area contributed by atoms with Crippen LogP contribution in [0.5, 0.6) is 5.75 Å². The van der Waals surface area contributed by atoms with Gasteiger partial charge < -0.3 is 9.30 Å². The summed E-state index contributed by atoms with van der Waals surface area (Å²) in [5, 5.41) is 2.76. The Morgan fingerprint density at radius 1 is 1.10 bits per heavy atom. The van der Waals surface area contributed by atoms with E-state index < -0.39 is 0 Å². The number of rotatable bonds is 3. The van der Waals surface area contributed by atoms with E-state index in [4.69, 9.17) is 4.74 Å². The SMILES string of the molecule is COc1ccc(-c2cc(-c3nc(C)cs3)c(=O)n3c2C=CC2=C(CCC=C2)C3)cc1. The molecule has 0 saturated heterocycles. The molecule has 5 heteroatoms. The van der Waals surface area contributed by atoms with Crippen molar-refractivity contribution in [2.75, 3.05) is 7.11 Å². The Balaban J connectivity index is 1.76. The number of fused-ring (bicyclic) bond motifs is 1. The third-order valence-electron chi connectivity index (χ3n) is 5.67. The fourth-order valence-corrected chi connectivity index (χ4v) is 4.89. The van der Waals surface area contributed by atoms with Crippen LogP contribution in [0.25, 0.3) is 27.8 Å². The zero-order chi connectivity index (χ0) is 20.7. The lowest BCUT2D eigenvalue weighted by molar-refractivity contribution is 0.415. The first-order chi connectivity index (χ1) is 14.6. The van der Waals surface area contributed by atoms with Gasteiger partial charge in [-0.1, -0.05) is 30.4 Å². The maximum Gasteiger partial charge on any atom is 0.261 e. The summed E-state index contributed by atoms with van der Waals surface area (Å²) in [6.45, 7) is 2.57. The minimum absolute atomic E-state index is 0.0181. The van der Waals surface area contributed by atoms with Crippen LogP contribution in [-0.2, 0) is 6.54 Å². The number of hydrogen-bond acceptors (Lipinski definition) is 4. The van der Waals surface area contributed by atoms with E-state index in [-0.39, 0.29) is 5.56 Å². The molecule has 0 amide bonds. The van der Waals surface area contributed by atoms with E-state index in [0.29, 0.717) is 12.1 Å². The number of methoxy groups -OCH3 is 1. The molecule has 0 saturated carbocycles. The number of nitrogens with zero attached hydrogens (tertiary/aromatic N) is 2. The first-order valence-corrected chi connectivity index (χ1v) is 10.9. The molecule has 5 rings (SSSR count). The first-order valence-electron chi connectivity index (χ1n) is 10.1. The summed E-state index contributed by atoms with van der Waals surface area (Å²) in [5.74, 6) is 0.812. The molecule has 150 valence electrons. The number of ether oxygens (including phenoxy) is 1. The number of pyridine rings is 1. The monoisotopic (exact) mass is 414 g/mol. The minimum Gasteiger partial charge on any atom is -0.497 e. The van der Waals surface area contributed by atoms with E-state index in [1.807, 2.05) is 47.2 Å². The maximum atomic E-state index is 13.6. The molecule has 4 nitrogen and oxygen atoms in total. The Hall–Kier alpha value is -3.18. The van der Waals surface area contributed by atoms with Gasteiger partial charge in [-0.15, -0.1) is 11.3 Å². The molecule has 0 unspecified atom stereocenters.